The number of furan rings is 1. The molecule has 0 saturated heterocycles. The monoisotopic (exact) mass is 404 g/mol. The van der Waals surface area contributed by atoms with Crippen LogP contribution in [0.4, 0.5) is 0 Å². The Labute approximate surface area is 175 Å². The van der Waals surface area contributed by atoms with Gasteiger partial charge in [0.05, 0.1) is 19.4 Å². The van der Waals surface area contributed by atoms with Crippen molar-refractivity contribution in [2.45, 2.75) is 19.9 Å². The van der Waals surface area contributed by atoms with Gasteiger partial charge in [-0.15, -0.1) is 0 Å². The summed E-state index contributed by atoms with van der Waals surface area (Å²) in [5, 5.41) is 5.60. The van der Waals surface area contributed by atoms with Gasteiger partial charge in [-0.05, 0) is 55.8 Å². The molecule has 2 N–H and O–H groups in total. The van der Waals surface area contributed by atoms with Crippen LogP contribution in [-0.4, -0.2) is 18.9 Å². The Morgan fingerprint density at radius 1 is 1.03 bits per heavy atom. The fraction of sp³-hybridized carbons (Fsp3) is 0.167. The van der Waals surface area contributed by atoms with Crippen LogP contribution in [0.25, 0.3) is 6.08 Å². The molecule has 0 saturated carbocycles. The van der Waals surface area contributed by atoms with Gasteiger partial charge in [0, 0.05) is 11.6 Å². The van der Waals surface area contributed by atoms with Gasteiger partial charge in [0.15, 0.2) is 0 Å². The van der Waals surface area contributed by atoms with Gasteiger partial charge < -0.3 is 19.8 Å². The number of carbonyl (C=O) groups excluding carboxylic acids is 2. The SMILES string of the molecule is COc1ccc(C(C)NC(=O)/C(=C/c2ccco2)NC(=O)c2ccc(C)cc2)cc1. The molecule has 1 unspecified atom stereocenters. The Morgan fingerprint density at radius 3 is 2.33 bits per heavy atom. The van der Waals surface area contributed by atoms with Gasteiger partial charge in [-0.25, -0.2) is 0 Å². The van der Waals surface area contributed by atoms with Crippen LogP contribution >= 0.6 is 0 Å². The van der Waals surface area contributed by atoms with Crippen molar-refractivity contribution in [3.05, 3.63) is 95.1 Å². The van der Waals surface area contributed by atoms with E-state index < -0.39 is 5.91 Å². The molecule has 6 heteroatoms. The van der Waals surface area contributed by atoms with Gasteiger partial charge >= 0.3 is 0 Å². The summed E-state index contributed by atoms with van der Waals surface area (Å²) in [6, 6.07) is 17.7. The van der Waals surface area contributed by atoms with Crippen LogP contribution in [0.15, 0.2) is 77.0 Å². The molecule has 6 nitrogen and oxygen atoms in total. The van der Waals surface area contributed by atoms with Crippen LogP contribution in [0.2, 0.25) is 0 Å². The summed E-state index contributed by atoms with van der Waals surface area (Å²) in [7, 11) is 1.60. The van der Waals surface area contributed by atoms with E-state index in [1.165, 1.54) is 12.3 Å². The van der Waals surface area contributed by atoms with E-state index in [2.05, 4.69) is 10.6 Å². The van der Waals surface area contributed by atoms with E-state index in [0.717, 1.165) is 16.9 Å². The first-order valence-corrected chi connectivity index (χ1v) is 9.54. The first-order chi connectivity index (χ1) is 14.5. The van der Waals surface area contributed by atoms with Crippen molar-refractivity contribution >= 4 is 17.9 Å². The van der Waals surface area contributed by atoms with Gasteiger partial charge in [-0.3, -0.25) is 9.59 Å². The fourth-order valence-electron chi connectivity index (χ4n) is 2.82. The number of carbonyl (C=O) groups is 2. The molecule has 3 rings (SSSR count). The number of hydrogen-bond acceptors (Lipinski definition) is 4. The summed E-state index contributed by atoms with van der Waals surface area (Å²) in [4.78, 5) is 25.6. The highest BCUT2D eigenvalue weighted by atomic mass is 16.5. The molecule has 0 bridgehead atoms. The molecule has 1 aromatic heterocycles. The Balaban J connectivity index is 1.78. The third-order valence-corrected chi connectivity index (χ3v) is 4.60. The average Bonchev–Trinajstić information content (AvgIpc) is 3.27. The van der Waals surface area contributed by atoms with Crippen LogP contribution < -0.4 is 15.4 Å². The van der Waals surface area contributed by atoms with Crippen molar-refractivity contribution in [2.24, 2.45) is 0 Å². The van der Waals surface area contributed by atoms with Gasteiger partial charge in [0.1, 0.15) is 17.2 Å². The molecule has 0 fully saturated rings. The lowest BCUT2D eigenvalue weighted by atomic mass is 10.1. The summed E-state index contributed by atoms with van der Waals surface area (Å²) in [5.74, 6) is 0.401. The number of methoxy groups -OCH3 is 1. The number of nitrogens with one attached hydrogen (secondary N) is 2. The number of ether oxygens (including phenoxy) is 1. The van der Waals surface area contributed by atoms with Gasteiger partial charge in [-0.2, -0.15) is 0 Å². The lowest BCUT2D eigenvalue weighted by Gasteiger charge is -2.17. The smallest absolute Gasteiger partial charge is 0.268 e. The first kappa shape index (κ1) is 20.9. The minimum atomic E-state index is -0.421. The average molecular weight is 404 g/mol. The minimum Gasteiger partial charge on any atom is -0.497 e. The highest BCUT2D eigenvalue weighted by molar-refractivity contribution is 6.05. The maximum absolute atomic E-state index is 12.9. The third-order valence-electron chi connectivity index (χ3n) is 4.60. The summed E-state index contributed by atoms with van der Waals surface area (Å²) in [5.41, 5.74) is 2.51. The summed E-state index contributed by atoms with van der Waals surface area (Å²) in [6.07, 6.45) is 3.01. The second-order valence-electron chi connectivity index (χ2n) is 6.86. The van der Waals surface area contributed by atoms with Crippen LogP contribution in [0, 0.1) is 6.92 Å². The zero-order chi connectivity index (χ0) is 21.5. The molecule has 2 aromatic carbocycles. The van der Waals surface area contributed by atoms with E-state index in [9.17, 15) is 9.59 Å². The number of aryl methyl sites for hydroxylation is 1. The molecular weight excluding hydrogens is 380 g/mol. The second kappa shape index (κ2) is 9.60. The maximum atomic E-state index is 12.9. The molecule has 0 radical (unpaired) electrons. The van der Waals surface area contributed by atoms with E-state index in [0.29, 0.717) is 11.3 Å². The molecule has 2 amide bonds. The lowest BCUT2D eigenvalue weighted by Crippen LogP contribution is -2.36. The number of hydrogen-bond donors (Lipinski definition) is 2. The normalized spacial score (nSPS) is 12.2. The van der Waals surface area contributed by atoms with E-state index in [-0.39, 0.29) is 17.6 Å². The number of amides is 2. The standard InChI is InChI=1S/C24H24N2O4/c1-16-6-8-19(9-7-16)23(27)26-22(15-21-5-4-14-30-21)24(28)25-17(2)18-10-12-20(29-3)13-11-18/h4-15,17H,1-3H3,(H,25,28)(H,26,27)/b22-15-. The van der Waals surface area contributed by atoms with Gasteiger partial charge in [0.2, 0.25) is 0 Å². The van der Waals surface area contributed by atoms with Crippen molar-refractivity contribution in [2.75, 3.05) is 7.11 Å². The van der Waals surface area contributed by atoms with E-state index in [4.69, 9.17) is 9.15 Å². The Hall–Kier alpha value is -3.80. The van der Waals surface area contributed by atoms with Crippen molar-refractivity contribution in [3.8, 4) is 5.75 Å². The number of benzene rings is 2. The second-order valence-corrected chi connectivity index (χ2v) is 6.86. The predicted octanol–water partition coefficient (Wildman–Crippen LogP) is 4.24. The Morgan fingerprint density at radius 2 is 1.73 bits per heavy atom. The van der Waals surface area contributed by atoms with E-state index in [1.807, 2.05) is 50.2 Å². The molecule has 1 heterocycles. The number of rotatable bonds is 7. The zero-order valence-electron chi connectivity index (χ0n) is 17.1. The van der Waals surface area contributed by atoms with Crippen molar-refractivity contribution in [1.82, 2.24) is 10.6 Å². The zero-order valence-corrected chi connectivity index (χ0v) is 17.1. The summed E-state index contributed by atoms with van der Waals surface area (Å²) < 4.78 is 10.5. The third kappa shape index (κ3) is 5.38. The molecule has 154 valence electrons. The van der Waals surface area contributed by atoms with Crippen molar-refractivity contribution in [1.29, 1.82) is 0 Å². The molecule has 1 atom stereocenters. The lowest BCUT2D eigenvalue weighted by molar-refractivity contribution is -0.118. The molecule has 3 aromatic rings. The van der Waals surface area contributed by atoms with Crippen LogP contribution in [0.3, 0.4) is 0 Å². The fourth-order valence-corrected chi connectivity index (χ4v) is 2.82. The molecule has 0 spiro atoms. The van der Waals surface area contributed by atoms with Gasteiger partial charge in [0.25, 0.3) is 11.8 Å². The summed E-state index contributed by atoms with van der Waals surface area (Å²) in [6.45, 7) is 3.81. The van der Waals surface area contributed by atoms with Crippen LogP contribution in [0.5, 0.6) is 5.75 Å². The van der Waals surface area contributed by atoms with Crippen molar-refractivity contribution < 1.29 is 18.7 Å². The van der Waals surface area contributed by atoms with Crippen LogP contribution in [-0.2, 0) is 4.79 Å². The minimum absolute atomic E-state index is 0.0934. The van der Waals surface area contributed by atoms with Crippen molar-refractivity contribution in [3.63, 3.8) is 0 Å². The maximum Gasteiger partial charge on any atom is 0.268 e. The first-order valence-electron chi connectivity index (χ1n) is 9.54. The topological polar surface area (TPSA) is 80.6 Å². The molecule has 0 aliphatic carbocycles. The molecule has 0 aliphatic heterocycles. The van der Waals surface area contributed by atoms with E-state index >= 15 is 0 Å². The largest absolute Gasteiger partial charge is 0.497 e. The highest BCUT2D eigenvalue weighted by Gasteiger charge is 2.18. The Bertz CT molecular complexity index is 1020. The predicted molar refractivity (Wildman–Crippen MR) is 115 cm³/mol. The summed E-state index contributed by atoms with van der Waals surface area (Å²) >= 11 is 0. The highest BCUT2D eigenvalue weighted by Crippen LogP contribution is 2.18. The van der Waals surface area contributed by atoms with Crippen LogP contribution in [0.1, 0.15) is 40.2 Å². The molecular formula is C24H24N2O4. The Kier molecular flexibility index (Phi) is 6.70. The quantitative estimate of drug-likeness (QED) is 0.577. The molecule has 30 heavy (non-hydrogen) atoms. The molecule has 0 aliphatic rings. The van der Waals surface area contributed by atoms with Gasteiger partial charge in [-0.1, -0.05) is 29.8 Å². The van der Waals surface area contributed by atoms with E-state index in [1.54, 1.807) is 31.4 Å².